The molecule has 0 radical (unpaired) electrons. The smallest absolute Gasteiger partial charge is 0.255 e. The van der Waals surface area contributed by atoms with E-state index in [1.165, 1.54) is 6.07 Å². The van der Waals surface area contributed by atoms with Crippen molar-refractivity contribution in [2.24, 2.45) is 5.92 Å². The van der Waals surface area contributed by atoms with Crippen LogP contribution in [0.1, 0.15) is 36.0 Å². The van der Waals surface area contributed by atoms with Gasteiger partial charge in [-0.15, -0.1) is 0 Å². The van der Waals surface area contributed by atoms with Crippen LogP contribution in [0.2, 0.25) is 5.02 Å². The highest BCUT2D eigenvalue weighted by Crippen LogP contribution is 2.43. The Morgan fingerprint density at radius 3 is 2.87 bits per heavy atom. The number of aliphatic hydroxyl groups excluding tert-OH is 1. The Labute approximate surface area is 182 Å². The Bertz CT molecular complexity index is 733. The van der Waals surface area contributed by atoms with Crippen molar-refractivity contribution < 1.29 is 24.1 Å². The lowest BCUT2D eigenvalue weighted by molar-refractivity contribution is 0.0209. The van der Waals surface area contributed by atoms with E-state index in [-0.39, 0.29) is 22.5 Å². The second kappa shape index (κ2) is 11.0. The third-order valence-electron chi connectivity index (χ3n) is 5.63. The summed E-state index contributed by atoms with van der Waals surface area (Å²) in [5.74, 6) is 0.343. The van der Waals surface area contributed by atoms with E-state index in [4.69, 9.17) is 31.5 Å². The van der Waals surface area contributed by atoms with E-state index in [0.717, 1.165) is 39.0 Å². The fraction of sp³-hybridized carbons (Fsp3) is 0.667. The van der Waals surface area contributed by atoms with E-state index in [1.807, 2.05) is 0 Å². The number of rotatable bonds is 8. The quantitative estimate of drug-likeness (QED) is 0.418. The first-order valence-corrected chi connectivity index (χ1v) is 10.9. The van der Waals surface area contributed by atoms with Crippen LogP contribution in [0.4, 0.5) is 5.69 Å². The summed E-state index contributed by atoms with van der Waals surface area (Å²) < 4.78 is 16.5. The van der Waals surface area contributed by atoms with Crippen molar-refractivity contribution in [3.63, 3.8) is 0 Å². The number of aliphatic hydroxyl groups is 1. The third kappa shape index (κ3) is 5.69. The molecule has 2 heterocycles. The summed E-state index contributed by atoms with van der Waals surface area (Å²) in [6, 6.07) is 1.52. The maximum absolute atomic E-state index is 12.9. The van der Waals surface area contributed by atoms with Gasteiger partial charge in [-0.25, -0.2) is 0 Å². The average molecular weight is 442 g/mol. The fourth-order valence-corrected chi connectivity index (χ4v) is 4.07. The number of likely N-dealkylation sites (tertiary alicyclic amines) is 1. The number of halogens is 1. The summed E-state index contributed by atoms with van der Waals surface area (Å²) in [6.07, 6.45) is 3.11. The number of anilines is 1. The number of hydrogen-bond donors (Lipinski definition) is 3. The monoisotopic (exact) mass is 441 g/mol. The first-order valence-electron chi connectivity index (χ1n) is 10.6. The second-order valence-electron chi connectivity index (χ2n) is 7.86. The zero-order valence-corrected chi connectivity index (χ0v) is 18.2. The summed E-state index contributed by atoms with van der Waals surface area (Å²) >= 11 is 6.24. The molecule has 1 aromatic rings. The molecule has 2 aliphatic heterocycles. The molecule has 1 saturated heterocycles. The van der Waals surface area contributed by atoms with Crippen molar-refractivity contribution in [2.45, 2.75) is 31.8 Å². The Morgan fingerprint density at radius 2 is 2.13 bits per heavy atom. The summed E-state index contributed by atoms with van der Waals surface area (Å²) in [5, 5.41) is 13.7. The number of benzene rings is 1. The van der Waals surface area contributed by atoms with E-state index in [1.54, 1.807) is 7.11 Å². The van der Waals surface area contributed by atoms with Crippen LogP contribution in [0.15, 0.2) is 6.07 Å². The zero-order valence-electron chi connectivity index (χ0n) is 17.5. The lowest BCUT2D eigenvalue weighted by Crippen LogP contribution is -2.47. The van der Waals surface area contributed by atoms with Gasteiger partial charge in [0, 0.05) is 39.1 Å². The van der Waals surface area contributed by atoms with Crippen LogP contribution in [0, 0.1) is 5.92 Å². The minimum Gasteiger partial charge on any atom is -0.489 e. The molecule has 3 rings (SSSR count). The number of nitrogens with zero attached hydrogens (tertiary/aromatic N) is 1. The van der Waals surface area contributed by atoms with Gasteiger partial charge < -0.3 is 35.3 Å². The molecule has 1 aromatic carbocycles. The van der Waals surface area contributed by atoms with E-state index in [0.29, 0.717) is 49.8 Å². The summed E-state index contributed by atoms with van der Waals surface area (Å²) in [6.45, 7) is 4.52. The molecular weight excluding hydrogens is 410 g/mol. The molecule has 2 atom stereocenters. The predicted molar refractivity (Wildman–Crippen MR) is 115 cm³/mol. The van der Waals surface area contributed by atoms with Crippen LogP contribution in [0.3, 0.4) is 0 Å². The second-order valence-corrected chi connectivity index (χ2v) is 8.24. The molecule has 1 fully saturated rings. The number of fused-ring (bicyclic) bond motifs is 1. The van der Waals surface area contributed by atoms with Gasteiger partial charge in [0.05, 0.1) is 30.6 Å². The lowest BCUT2D eigenvalue weighted by Gasteiger charge is -2.36. The highest BCUT2D eigenvalue weighted by molar-refractivity contribution is 6.35. The Hall–Kier alpha value is -1.74. The van der Waals surface area contributed by atoms with Gasteiger partial charge in [-0.1, -0.05) is 11.6 Å². The minimum absolute atomic E-state index is 0.00425. The van der Waals surface area contributed by atoms with Crippen molar-refractivity contribution in [3.8, 4) is 11.5 Å². The van der Waals surface area contributed by atoms with E-state index < -0.39 is 6.10 Å². The number of nitrogens with two attached hydrogens (primary N) is 1. The molecule has 0 saturated carbocycles. The van der Waals surface area contributed by atoms with Gasteiger partial charge in [0.2, 0.25) is 0 Å². The van der Waals surface area contributed by atoms with Crippen LogP contribution in [0.25, 0.3) is 0 Å². The van der Waals surface area contributed by atoms with Crippen molar-refractivity contribution in [1.82, 2.24) is 10.2 Å². The Morgan fingerprint density at radius 1 is 1.37 bits per heavy atom. The maximum atomic E-state index is 12.9. The van der Waals surface area contributed by atoms with E-state index >= 15 is 0 Å². The summed E-state index contributed by atoms with van der Waals surface area (Å²) in [7, 11) is 1.71. The average Bonchev–Trinajstić information content (AvgIpc) is 2.99. The molecular formula is C21H32ClN3O5. The lowest BCUT2D eigenvalue weighted by atomic mass is 9.93. The van der Waals surface area contributed by atoms with Gasteiger partial charge in [0.15, 0.2) is 11.5 Å². The number of carbonyl (C=O) groups excluding carboxylic acids is 1. The molecule has 2 aliphatic rings. The van der Waals surface area contributed by atoms with Crippen LogP contribution in [-0.2, 0) is 4.74 Å². The first-order chi connectivity index (χ1) is 14.5. The first kappa shape index (κ1) is 22.9. The molecule has 0 unspecified atom stereocenters. The minimum atomic E-state index is -0.478. The molecule has 8 nitrogen and oxygen atoms in total. The molecule has 1 amide bonds. The number of hydrogen-bond acceptors (Lipinski definition) is 7. The highest BCUT2D eigenvalue weighted by atomic mass is 35.5. The number of β-amino-alcohol motifs (C(OH)–C–C–N with tert-alkyl or cyclic N) is 1. The topological polar surface area (TPSA) is 106 Å². The fourth-order valence-electron chi connectivity index (χ4n) is 3.87. The van der Waals surface area contributed by atoms with Gasteiger partial charge in [-0.3, -0.25) is 4.79 Å². The predicted octanol–water partition coefficient (Wildman–Crippen LogP) is 1.92. The van der Waals surface area contributed by atoms with Gasteiger partial charge in [0.1, 0.15) is 5.02 Å². The molecule has 0 spiro atoms. The number of nitrogens with one attached hydrogen (secondary N) is 1. The van der Waals surface area contributed by atoms with Crippen molar-refractivity contribution >= 4 is 23.2 Å². The number of ether oxygens (including phenoxy) is 3. The Kier molecular flexibility index (Phi) is 8.44. The van der Waals surface area contributed by atoms with Gasteiger partial charge in [-0.2, -0.15) is 0 Å². The normalized spacial score (nSPS) is 21.8. The molecule has 0 aliphatic carbocycles. The van der Waals surface area contributed by atoms with E-state index in [9.17, 15) is 9.90 Å². The summed E-state index contributed by atoms with van der Waals surface area (Å²) in [5.41, 5.74) is 6.54. The maximum Gasteiger partial charge on any atom is 0.255 e. The molecule has 4 N–H and O–H groups in total. The van der Waals surface area contributed by atoms with Crippen molar-refractivity contribution in [3.05, 3.63) is 16.7 Å². The third-order valence-corrected chi connectivity index (χ3v) is 6.02. The number of unbranched alkanes of at least 4 members (excludes halogenated alkanes) is 1. The standard InChI is InChI=1S/C21H32ClN3O5/c1-28-8-3-2-6-25-7-5-14(17(26)13-25)12-24-21(27)15-11-16(23)18(22)20-19(15)29-9-4-10-30-20/h11,14,17,26H,2-10,12-13,23H2,1H3,(H,24,27)/t14-,17+/m0/s1. The molecule has 0 bridgehead atoms. The van der Waals surface area contributed by atoms with E-state index in [2.05, 4.69) is 10.2 Å². The highest BCUT2D eigenvalue weighted by Gasteiger charge is 2.29. The number of methoxy groups -OCH3 is 1. The Balaban J connectivity index is 1.56. The van der Waals surface area contributed by atoms with Gasteiger partial charge in [0.25, 0.3) is 5.91 Å². The molecule has 9 heteroatoms. The molecule has 30 heavy (non-hydrogen) atoms. The zero-order chi connectivity index (χ0) is 21.5. The van der Waals surface area contributed by atoms with Crippen LogP contribution in [-0.4, -0.2) is 75.1 Å². The van der Waals surface area contributed by atoms with Gasteiger partial charge in [-0.05, 0) is 38.4 Å². The number of piperidine rings is 1. The number of amides is 1. The molecule has 0 aromatic heterocycles. The van der Waals surface area contributed by atoms with Crippen molar-refractivity contribution in [2.75, 3.05) is 58.8 Å². The molecule has 168 valence electrons. The van der Waals surface area contributed by atoms with Crippen LogP contribution < -0.4 is 20.5 Å². The largest absolute Gasteiger partial charge is 0.489 e. The number of carbonyl (C=O) groups is 1. The SMILES string of the molecule is COCCCCN1CC[C@@H](CNC(=O)c2cc(N)c(Cl)c3c2OCCCO3)[C@H](O)C1. The van der Waals surface area contributed by atoms with Gasteiger partial charge >= 0.3 is 0 Å². The number of nitrogen functional groups attached to an aromatic ring is 1. The van der Waals surface area contributed by atoms with Crippen molar-refractivity contribution in [1.29, 1.82) is 0 Å². The summed E-state index contributed by atoms with van der Waals surface area (Å²) in [4.78, 5) is 15.1. The van der Waals surface area contributed by atoms with Crippen LogP contribution in [0.5, 0.6) is 11.5 Å². The van der Waals surface area contributed by atoms with Crippen LogP contribution >= 0.6 is 11.6 Å².